The average Bonchev–Trinajstić information content (AvgIpc) is 2.02. The summed E-state index contributed by atoms with van der Waals surface area (Å²) in [6.45, 7) is 3.93. The van der Waals surface area contributed by atoms with Gasteiger partial charge in [-0.1, -0.05) is 25.4 Å². The summed E-state index contributed by atoms with van der Waals surface area (Å²) in [6.07, 6.45) is 0. The standard InChI is InChI=1S/C10H12ClFO/c1-6(2)8-4-7(11)5-9(12)10(8)13-3/h4-6H,1-3H3. The first-order chi connectivity index (χ1) is 6.06. The van der Waals surface area contributed by atoms with Gasteiger partial charge in [0.25, 0.3) is 0 Å². The van der Waals surface area contributed by atoms with Gasteiger partial charge in [0.05, 0.1) is 7.11 Å². The van der Waals surface area contributed by atoms with Crippen LogP contribution in [-0.2, 0) is 0 Å². The Morgan fingerprint density at radius 2 is 2.00 bits per heavy atom. The van der Waals surface area contributed by atoms with Crippen molar-refractivity contribution >= 4 is 11.6 Å². The normalized spacial score (nSPS) is 10.6. The molecule has 0 atom stereocenters. The quantitative estimate of drug-likeness (QED) is 0.712. The zero-order valence-electron chi connectivity index (χ0n) is 7.90. The van der Waals surface area contributed by atoms with E-state index in [9.17, 15) is 4.39 Å². The first kappa shape index (κ1) is 10.3. The molecule has 0 aliphatic carbocycles. The maximum atomic E-state index is 13.3. The maximum absolute atomic E-state index is 13.3. The van der Waals surface area contributed by atoms with Gasteiger partial charge in [-0.25, -0.2) is 4.39 Å². The minimum Gasteiger partial charge on any atom is -0.493 e. The Hall–Kier alpha value is -0.760. The molecule has 0 fully saturated rings. The number of hydrogen-bond acceptors (Lipinski definition) is 1. The van der Waals surface area contributed by atoms with Crippen LogP contribution in [0.15, 0.2) is 12.1 Å². The molecule has 3 heteroatoms. The molecular weight excluding hydrogens is 191 g/mol. The molecule has 1 aromatic carbocycles. The second kappa shape index (κ2) is 3.97. The van der Waals surface area contributed by atoms with Crippen LogP contribution in [0, 0.1) is 5.82 Å². The number of rotatable bonds is 2. The van der Waals surface area contributed by atoms with Crippen molar-refractivity contribution < 1.29 is 9.13 Å². The number of benzene rings is 1. The van der Waals surface area contributed by atoms with E-state index in [0.29, 0.717) is 10.8 Å². The van der Waals surface area contributed by atoms with Crippen LogP contribution in [0.2, 0.25) is 5.02 Å². The highest BCUT2D eigenvalue weighted by atomic mass is 35.5. The molecule has 72 valence electrons. The molecular formula is C10H12ClFO. The highest BCUT2D eigenvalue weighted by Gasteiger charge is 2.13. The largest absolute Gasteiger partial charge is 0.493 e. The highest BCUT2D eigenvalue weighted by Crippen LogP contribution is 2.31. The minimum atomic E-state index is -0.404. The lowest BCUT2D eigenvalue weighted by atomic mass is 10.0. The van der Waals surface area contributed by atoms with E-state index in [1.165, 1.54) is 13.2 Å². The van der Waals surface area contributed by atoms with Gasteiger partial charge in [-0.2, -0.15) is 0 Å². The third-order valence-corrected chi connectivity index (χ3v) is 2.08. The summed E-state index contributed by atoms with van der Waals surface area (Å²) < 4.78 is 18.2. The first-order valence-corrected chi connectivity index (χ1v) is 4.47. The van der Waals surface area contributed by atoms with Crippen LogP contribution in [0.25, 0.3) is 0 Å². The molecule has 0 aliphatic heterocycles. The van der Waals surface area contributed by atoms with Gasteiger partial charge in [-0.05, 0) is 18.1 Å². The summed E-state index contributed by atoms with van der Waals surface area (Å²) in [7, 11) is 1.46. The van der Waals surface area contributed by atoms with E-state index >= 15 is 0 Å². The van der Waals surface area contributed by atoms with Crippen molar-refractivity contribution in [3.05, 3.63) is 28.5 Å². The van der Waals surface area contributed by atoms with Gasteiger partial charge in [-0.15, -0.1) is 0 Å². The molecule has 0 bridgehead atoms. The van der Waals surface area contributed by atoms with Crippen LogP contribution in [0.5, 0.6) is 5.75 Å². The average molecular weight is 203 g/mol. The topological polar surface area (TPSA) is 9.23 Å². The van der Waals surface area contributed by atoms with Crippen molar-refractivity contribution in [1.82, 2.24) is 0 Å². The molecule has 0 heterocycles. The van der Waals surface area contributed by atoms with E-state index in [4.69, 9.17) is 16.3 Å². The molecule has 1 rings (SSSR count). The van der Waals surface area contributed by atoms with Gasteiger partial charge in [0.15, 0.2) is 11.6 Å². The van der Waals surface area contributed by atoms with Gasteiger partial charge < -0.3 is 4.74 Å². The molecule has 1 aromatic rings. The summed E-state index contributed by atoms with van der Waals surface area (Å²) in [6, 6.07) is 2.99. The van der Waals surface area contributed by atoms with E-state index in [1.54, 1.807) is 6.07 Å². The zero-order valence-corrected chi connectivity index (χ0v) is 8.65. The van der Waals surface area contributed by atoms with Crippen molar-refractivity contribution in [2.75, 3.05) is 7.11 Å². The number of halogens is 2. The molecule has 13 heavy (non-hydrogen) atoms. The van der Waals surface area contributed by atoms with E-state index in [-0.39, 0.29) is 5.92 Å². The van der Waals surface area contributed by atoms with Crippen molar-refractivity contribution in [2.45, 2.75) is 19.8 Å². The van der Waals surface area contributed by atoms with Crippen LogP contribution >= 0.6 is 11.6 Å². The molecule has 0 saturated heterocycles. The van der Waals surface area contributed by atoms with E-state index < -0.39 is 5.82 Å². The summed E-state index contributed by atoms with van der Waals surface area (Å²) in [5.41, 5.74) is 0.799. The molecule has 0 saturated carbocycles. The second-order valence-corrected chi connectivity index (χ2v) is 3.60. The van der Waals surface area contributed by atoms with Crippen LogP contribution in [-0.4, -0.2) is 7.11 Å². The second-order valence-electron chi connectivity index (χ2n) is 3.16. The Morgan fingerprint density at radius 1 is 1.38 bits per heavy atom. The van der Waals surface area contributed by atoms with Crippen LogP contribution in [0.1, 0.15) is 25.3 Å². The molecule has 0 amide bonds. The summed E-state index contributed by atoms with van der Waals surface area (Å²) in [5.74, 6) is 0.0845. The Kier molecular flexibility index (Phi) is 3.15. The van der Waals surface area contributed by atoms with E-state index in [2.05, 4.69) is 0 Å². The van der Waals surface area contributed by atoms with Gasteiger partial charge in [0.1, 0.15) is 0 Å². The van der Waals surface area contributed by atoms with Gasteiger partial charge in [0.2, 0.25) is 0 Å². The Labute approximate surface area is 82.5 Å². The Morgan fingerprint density at radius 3 is 2.46 bits per heavy atom. The predicted molar refractivity (Wildman–Crippen MR) is 52.1 cm³/mol. The number of ether oxygens (including phenoxy) is 1. The van der Waals surface area contributed by atoms with Gasteiger partial charge >= 0.3 is 0 Å². The van der Waals surface area contributed by atoms with Crippen LogP contribution in [0.4, 0.5) is 4.39 Å². The van der Waals surface area contributed by atoms with Crippen molar-refractivity contribution in [1.29, 1.82) is 0 Å². The van der Waals surface area contributed by atoms with Crippen molar-refractivity contribution in [3.8, 4) is 5.75 Å². The lowest BCUT2D eigenvalue weighted by Gasteiger charge is -2.12. The lowest BCUT2D eigenvalue weighted by Crippen LogP contribution is -1.97. The highest BCUT2D eigenvalue weighted by molar-refractivity contribution is 6.30. The van der Waals surface area contributed by atoms with Crippen molar-refractivity contribution in [2.24, 2.45) is 0 Å². The van der Waals surface area contributed by atoms with Crippen LogP contribution in [0.3, 0.4) is 0 Å². The summed E-state index contributed by atoms with van der Waals surface area (Å²) in [5, 5.41) is 0.405. The number of hydrogen-bond donors (Lipinski definition) is 0. The molecule has 0 radical (unpaired) electrons. The Balaban J connectivity index is 3.29. The van der Waals surface area contributed by atoms with Gasteiger partial charge in [-0.3, -0.25) is 0 Å². The van der Waals surface area contributed by atoms with E-state index in [1.807, 2.05) is 13.8 Å². The first-order valence-electron chi connectivity index (χ1n) is 4.09. The molecule has 0 unspecified atom stereocenters. The summed E-state index contributed by atoms with van der Waals surface area (Å²) >= 11 is 5.73. The van der Waals surface area contributed by atoms with Crippen molar-refractivity contribution in [3.63, 3.8) is 0 Å². The third kappa shape index (κ3) is 2.13. The summed E-state index contributed by atoms with van der Waals surface area (Å²) in [4.78, 5) is 0. The van der Waals surface area contributed by atoms with Crippen LogP contribution < -0.4 is 4.74 Å². The fourth-order valence-corrected chi connectivity index (χ4v) is 1.44. The van der Waals surface area contributed by atoms with E-state index in [0.717, 1.165) is 5.56 Å². The smallest absolute Gasteiger partial charge is 0.166 e. The molecule has 0 aliphatic rings. The molecule has 0 N–H and O–H groups in total. The molecule has 1 nitrogen and oxygen atoms in total. The fourth-order valence-electron chi connectivity index (χ4n) is 1.22. The lowest BCUT2D eigenvalue weighted by molar-refractivity contribution is 0.379. The number of methoxy groups -OCH3 is 1. The fraction of sp³-hybridized carbons (Fsp3) is 0.400. The minimum absolute atomic E-state index is 0.197. The molecule has 0 spiro atoms. The maximum Gasteiger partial charge on any atom is 0.166 e. The molecule has 0 aromatic heterocycles. The SMILES string of the molecule is COc1c(F)cc(Cl)cc1C(C)C. The zero-order chi connectivity index (χ0) is 10.0. The third-order valence-electron chi connectivity index (χ3n) is 1.86. The monoisotopic (exact) mass is 202 g/mol. The predicted octanol–water partition coefficient (Wildman–Crippen LogP) is 3.61. The Bertz CT molecular complexity index is 310. The van der Waals surface area contributed by atoms with Gasteiger partial charge in [0, 0.05) is 10.6 Å².